The molecule has 4 nitrogen and oxygen atoms in total. The van der Waals surface area contributed by atoms with Crippen molar-refractivity contribution in [2.24, 2.45) is 0 Å². The molecule has 0 bridgehead atoms. The lowest BCUT2D eigenvalue weighted by Crippen LogP contribution is -1.95. The Hall–Kier alpha value is -1.97. The number of nitrogens with zero attached hydrogens (tertiary/aromatic N) is 1. The first kappa shape index (κ1) is 11.5. The van der Waals surface area contributed by atoms with Crippen molar-refractivity contribution in [2.45, 2.75) is 20.8 Å². The molecular formula is C13H16N2O2. The van der Waals surface area contributed by atoms with E-state index in [0.717, 1.165) is 22.4 Å². The Morgan fingerprint density at radius 1 is 1.29 bits per heavy atom. The van der Waals surface area contributed by atoms with Crippen molar-refractivity contribution in [3.63, 3.8) is 0 Å². The van der Waals surface area contributed by atoms with Gasteiger partial charge in [-0.25, -0.2) is 4.98 Å². The molecule has 1 heterocycles. The number of nitrogen functional groups attached to an aromatic ring is 1. The predicted octanol–water partition coefficient (Wildman–Crippen LogP) is 2.94. The minimum atomic E-state index is 0.186. The van der Waals surface area contributed by atoms with Crippen molar-refractivity contribution >= 4 is 6.01 Å². The molecule has 0 radical (unpaired) electrons. The summed E-state index contributed by atoms with van der Waals surface area (Å²) in [5, 5.41) is 0. The van der Waals surface area contributed by atoms with Gasteiger partial charge in [-0.05, 0) is 44.0 Å². The van der Waals surface area contributed by atoms with Crippen LogP contribution in [0.3, 0.4) is 0 Å². The maximum Gasteiger partial charge on any atom is 0.292 e. The van der Waals surface area contributed by atoms with Crippen molar-refractivity contribution in [1.29, 1.82) is 0 Å². The van der Waals surface area contributed by atoms with Crippen molar-refractivity contribution in [1.82, 2.24) is 4.98 Å². The average molecular weight is 232 g/mol. The monoisotopic (exact) mass is 232 g/mol. The summed E-state index contributed by atoms with van der Waals surface area (Å²) in [4.78, 5) is 3.90. The minimum absolute atomic E-state index is 0.186. The van der Waals surface area contributed by atoms with Crippen LogP contribution in [0.15, 0.2) is 22.7 Å². The Kier molecular flexibility index (Phi) is 3.04. The molecule has 0 amide bonds. The van der Waals surface area contributed by atoms with Crippen LogP contribution in [0.5, 0.6) is 5.75 Å². The van der Waals surface area contributed by atoms with Gasteiger partial charge in [0, 0.05) is 5.56 Å². The molecule has 0 aliphatic rings. The molecule has 1 aromatic heterocycles. The van der Waals surface area contributed by atoms with E-state index in [9.17, 15) is 0 Å². The number of aryl methyl sites for hydroxylation is 2. The number of hydrogen-bond acceptors (Lipinski definition) is 4. The van der Waals surface area contributed by atoms with E-state index in [1.807, 2.05) is 32.9 Å². The summed E-state index contributed by atoms with van der Waals surface area (Å²) < 4.78 is 10.9. The van der Waals surface area contributed by atoms with Crippen LogP contribution in [-0.4, -0.2) is 11.6 Å². The number of anilines is 1. The lowest BCUT2D eigenvalue weighted by Gasteiger charge is -2.10. The van der Waals surface area contributed by atoms with Crippen LogP contribution >= 0.6 is 0 Å². The molecule has 0 unspecified atom stereocenters. The van der Waals surface area contributed by atoms with Crippen LogP contribution in [0.4, 0.5) is 6.01 Å². The molecule has 1 aromatic carbocycles. The molecule has 2 rings (SSSR count). The third kappa shape index (κ3) is 2.25. The van der Waals surface area contributed by atoms with Gasteiger partial charge in [0.1, 0.15) is 5.75 Å². The summed E-state index contributed by atoms with van der Waals surface area (Å²) in [6, 6.07) is 4.22. The topological polar surface area (TPSA) is 61.3 Å². The quantitative estimate of drug-likeness (QED) is 0.883. The van der Waals surface area contributed by atoms with E-state index in [1.54, 1.807) is 6.20 Å². The Morgan fingerprint density at radius 3 is 2.65 bits per heavy atom. The largest absolute Gasteiger partial charge is 0.494 e. The standard InChI is InChI=1S/C13H16N2O2/c1-4-16-11-6-8(2)10(5-9(11)3)12-7-15-13(14)17-12/h5-7H,4H2,1-3H3,(H2,14,15). The van der Waals surface area contributed by atoms with Gasteiger partial charge in [-0.1, -0.05) is 0 Å². The van der Waals surface area contributed by atoms with Crippen LogP contribution in [0.25, 0.3) is 11.3 Å². The smallest absolute Gasteiger partial charge is 0.292 e. The molecule has 0 spiro atoms. The SMILES string of the molecule is CCOc1cc(C)c(-c2cnc(N)o2)cc1C. The molecular weight excluding hydrogens is 216 g/mol. The molecule has 2 aromatic rings. The van der Waals surface area contributed by atoms with Crippen LogP contribution in [0.1, 0.15) is 18.1 Å². The normalized spacial score (nSPS) is 10.5. The van der Waals surface area contributed by atoms with E-state index >= 15 is 0 Å². The van der Waals surface area contributed by atoms with Gasteiger partial charge in [0.15, 0.2) is 5.76 Å². The zero-order chi connectivity index (χ0) is 12.4. The Balaban J connectivity index is 2.46. The first-order chi connectivity index (χ1) is 8.11. The molecule has 2 N–H and O–H groups in total. The Labute approximate surface area is 100 Å². The highest BCUT2D eigenvalue weighted by Gasteiger charge is 2.10. The van der Waals surface area contributed by atoms with Gasteiger partial charge in [0.25, 0.3) is 6.01 Å². The maximum absolute atomic E-state index is 5.54. The van der Waals surface area contributed by atoms with Gasteiger partial charge in [-0.2, -0.15) is 0 Å². The molecule has 0 aliphatic heterocycles. The van der Waals surface area contributed by atoms with E-state index < -0.39 is 0 Å². The molecule has 0 saturated heterocycles. The number of ether oxygens (including phenoxy) is 1. The van der Waals surface area contributed by atoms with E-state index in [-0.39, 0.29) is 6.01 Å². The first-order valence-electron chi connectivity index (χ1n) is 5.57. The van der Waals surface area contributed by atoms with Crippen molar-refractivity contribution in [2.75, 3.05) is 12.3 Å². The highest BCUT2D eigenvalue weighted by Crippen LogP contribution is 2.30. The summed E-state index contributed by atoms with van der Waals surface area (Å²) in [6.07, 6.45) is 1.64. The van der Waals surface area contributed by atoms with Gasteiger partial charge in [-0.15, -0.1) is 0 Å². The highest BCUT2D eigenvalue weighted by molar-refractivity contribution is 5.65. The van der Waals surface area contributed by atoms with Gasteiger partial charge >= 0.3 is 0 Å². The lowest BCUT2D eigenvalue weighted by molar-refractivity contribution is 0.337. The molecule has 4 heteroatoms. The molecule has 0 aliphatic carbocycles. The van der Waals surface area contributed by atoms with Crippen molar-refractivity contribution in [3.8, 4) is 17.1 Å². The van der Waals surface area contributed by atoms with Gasteiger partial charge in [0.05, 0.1) is 12.8 Å². The number of hydrogen-bond donors (Lipinski definition) is 1. The second-order valence-corrected chi connectivity index (χ2v) is 3.93. The summed E-state index contributed by atoms with van der Waals surface area (Å²) in [5.74, 6) is 1.59. The molecule has 17 heavy (non-hydrogen) atoms. The van der Waals surface area contributed by atoms with Crippen LogP contribution in [0, 0.1) is 13.8 Å². The third-order valence-electron chi connectivity index (χ3n) is 2.61. The lowest BCUT2D eigenvalue weighted by atomic mass is 10.0. The summed E-state index contributed by atoms with van der Waals surface area (Å²) in [7, 11) is 0. The van der Waals surface area contributed by atoms with Crippen molar-refractivity contribution in [3.05, 3.63) is 29.5 Å². The Bertz CT molecular complexity index is 532. The van der Waals surface area contributed by atoms with E-state index in [4.69, 9.17) is 14.9 Å². The fourth-order valence-corrected chi connectivity index (χ4v) is 1.78. The van der Waals surface area contributed by atoms with Crippen LogP contribution in [-0.2, 0) is 0 Å². The number of nitrogens with two attached hydrogens (primary N) is 1. The predicted molar refractivity (Wildman–Crippen MR) is 67.0 cm³/mol. The van der Waals surface area contributed by atoms with E-state index in [2.05, 4.69) is 4.98 Å². The second-order valence-electron chi connectivity index (χ2n) is 3.93. The third-order valence-corrected chi connectivity index (χ3v) is 2.61. The highest BCUT2D eigenvalue weighted by atomic mass is 16.5. The fourth-order valence-electron chi connectivity index (χ4n) is 1.78. The first-order valence-corrected chi connectivity index (χ1v) is 5.57. The minimum Gasteiger partial charge on any atom is -0.494 e. The molecule has 0 fully saturated rings. The summed E-state index contributed by atoms with van der Waals surface area (Å²) >= 11 is 0. The van der Waals surface area contributed by atoms with Gasteiger partial charge in [0.2, 0.25) is 0 Å². The molecule has 0 atom stereocenters. The average Bonchev–Trinajstić information content (AvgIpc) is 2.70. The van der Waals surface area contributed by atoms with Crippen LogP contribution < -0.4 is 10.5 Å². The number of aromatic nitrogens is 1. The number of rotatable bonds is 3. The molecule has 90 valence electrons. The summed E-state index contributed by atoms with van der Waals surface area (Å²) in [5.41, 5.74) is 8.63. The van der Waals surface area contributed by atoms with Gasteiger partial charge < -0.3 is 14.9 Å². The maximum atomic E-state index is 5.54. The van der Waals surface area contributed by atoms with E-state index in [1.165, 1.54) is 0 Å². The number of benzene rings is 1. The zero-order valence-corrected chi connectivity index (χ0v) is 10.3. The zero-order valence-electron chi connectivity index (χ0n) is 10.3. The van der Waals surface area contributed by atoms with Gasteiger partial charge in [-0.3, -0.25) is 0 Å². The summed E-state index contributed by atoms with van der Waals surface area (Å²) in [6.45, 7) is 6.65. The molecule has 0 saturated carbocycles. The fraction of sp³-hybridized carbons (Fsp3) is 0.308. The second kappa shape index (κ2) is 4.49. The van der Waals surface area contributed by atoms with Crippen LogP contribution in [0.2, 0.25) is 0 Å². The Morgan fingerprint density at radius 2 is 2.06 bits per heavy atom. The number of oxazole rings is 1. The van der Waals surface area contributed by atoms with E-state index in [0.29, 0.717) is 12.4 Å². The van der Waals surface area contributed by atoms with Crippen molar-refractivity contribution < 1.29 is 9.15 Å².